The van der Waals surface area contributed by atoms with Crippen LogP contribution in [0.5, 0.6) is 0 Å². The van der Waals surface area contributed by atoms with Crippen molar-refractivity contribution in [3.05, 3.63) is 24.2 Å². The third-order valence-electron chi connectivity index (χ3n) is 3.81. The Morgan fingerprint density at radius 3 is 2.82 bits per heavy atom. The monoisotopic (exact) mass is 310 g/mol. The summed E-state index contributed by atoms with van der Waals surface area (Å²) in [5.41, 5.74) is 0.282. The van der Waals surface area contributed by atoms with Gasteiger partial charge >= 0.3 is 0 Å². The van der Waals surface area contributed by atoms with E-state index in [1.807, 2.05) is 0 Å². The Labute approximate surface area is 128 Å². The topological polar surface area (TPSA) is 103 Å². The molecule has 0 aromatic carbocycles. The summed E-state index contributed by atoms with van der Waals surface area (Å²) in [5, 5.41) is 22.5. The highest BCUT2D eigenvalue weighted by Gasteiger charge is 2.46. The number of furan rings is 1. The van der Waals surface area contributed by atoms with Gasteiger partial charge in [0.2, 0.25) is 5.91 Å². The van der Waals surface area contributed by atoms with Gasteiger partial charge in [0.25, 0.3) is 5.91 Å². The van der Waals surface area contributed by atoms with Crippen LogP contribution in [-0.2, 0) is 4.79 Å². The summed E-state index contributed by atoms with van der Waals surface area (Å²) in [5.74, 6) is -0.893. The molecule has 0 radical (unpaired) electrons. The van der Waals surface area contributed by atoms with Gasteiger partial charge < -0.3 is 24.8 Å². The minimum Gasteiger partial charge on any atom is -0.472 e. The van der Waals surface area contributed by atoms with E-state index in [0.717, 1.165) is 19.3 Å². The maximum atomic E-state index is 12.4. The maximum Gasteiger partial charge on any atom is 0.257 e. The lowest BCUT2D eigenvalue weighted by Crippen LogP contribution is -2.50. The molecule has 3 atom stereocenters. The third kappa shape index (κ3) is 3.48. The van der Waals surface area contributed by atoms with Crippen LogP contribution in [0, 0.1) is 0 Å². The van der Waals surface area contributed by atoms with Crippen molar-refractivity contribution in [3.63, 3.8) is 0 Å². The molecular formula is C15H22N2O5. The van der Waals surface area contributed by atoms with Gasteiger partial charge in [-0.3, -0.25) is 9.59 Å². The Balaban J connectivity index is 2.04. The van der Waals surface area contributed by atoms with E-state index in [-0.39, 0.29) is 12.1 Å². The average molecular weight is 310 g/mol. The first-order valence-corrected chi connectivity index (χ1v) is 7.53. The van der Waals surface area contributed by atoms with Gasteiger partial charge in [0.05, 0.1) is 18.4 Å². The van der Waals surface area contributed by atoms with Crippen molar-refractivity contribution in [1.82, 2.24) is 10.2 Å². The van der Waals surface area contributed by atoms with Crippen molar-refractivity contribution in [2.45, 2.75) is 44.4 Å². The molecule has 0 saturated carbocycles. The van der Waals surface area contributed by atoms with E-state index >= 15 is 0 Å². The van der Waals surface area contributed by atoms with Crippen LogP contribution in [0.25, 0.3) is 0 Å². The number of likely N-dealkylation sites (tertiary alicyclic amines) is 1. The predicted molar refractivity (Wildman–Crippen MR) is 78.1 cm³/mol. The van der Waals surface area contributed by atoms with Gasteiger partial charge in [-0.25, -0.2) is 0 Å². The number of amides is 2. The standard InChI is InChI=1S/C15H22N2O5/c1-2-3-4-6-16-14(20)12-13(19)11(18)8-17(12)15(21)10-5-7-22-9-10/h5,7,9,11-13,18-19H,2-4,6,8H2,1H3,(H,16,20)/t11-,12-,13-/m0/s1. The van der Waals surface area contributed by atoms with Crippen LogP contribution < -0.4 is 5.32 Å². The highest BCUT2D eigenvalue weighted by Crippen LogP contribution is 2.22. The zero-order chi connectivity index (χ0) is 16.1. The Morgan fingerprint density at radius 1 is 1.41 bits per heavy atom. The average Bonchev–Trinajstić information content (AvgIpc) is 3.12. The van der Waals surface area contributed by atoms with Crippen molar-refractivity contribution in [3.8, 4) is 0 Å². The molecule has 1 fully saturated rings. The molecule has 2 heterocycles. The van der Waals surface area contributed by atoms with E-state index in [1.165, 1.54) is 23.5 Å². The van der Waals surface area contributed by atoms with Crippen LogP contribution in [0.4, 0.5) is 0 Å². The molecule has 7 nitrogen and oxygen atoms in total. The van der Waals surface area contributed by atoms with Crippen molar-refractivity contribution < 1.29 is 24.2 Å². The quantitative estimate of drug-likeness (QED) is 0.648. The second kappa shape index (κ2) is 7.42. The van der Waals surface area contributed by atoms with Crippen molar-refractivity contribution in [2.75, 3.05) is 13.1 Å². The fourth-order valence-corrected chi connectivity index (χ4v) is 2.57. The number of carbonyl (C=O) groups excluding carboxylic acids is 2. The van der Waals surface area contributed by atoms with Gasteiger partial charge in [-0.15, -0.1) is 0 Å². The Morgan fingerprint density at radius 2 is 2.18 bits per heavy atom. The second-order valence-corrected chi connectivity index (χ2v) is 5.47. The number of β-amino-alcohol motifs (C(OH)–C–C–N with tert-alkyl or cyclic N) is 1. The first-order valence-electron chi connectivity index (χ1n) is 7.53. The molecule has 22 heavy (non-hydrogen) atoms. The largest absolute Gasteiger partial charge is 0.472 e. The van der Waals surface area contributed by atoms with Crippen LogP contribution in [0.15, 0.2) is 23.0 Å². The number of carbonyl (C=O) groups is 2. The molecule has 0 spiro atoms. The predicted octanol–water partition coefficient (Wildman–Crippen LogP) is 0.132. The van der Waals surface area contributed by atoms with Crippen LogP contribution in [0.2, 0.25) is 0 Å². The number of aliphatic hydroxyl groups is 2. The van der Waals surface area contributed by atoms with Crippen molar-refractivity contribution in [1.29, 1.82) is 0 Å². The van der Waals surface area contributed by atoms with E-state index in [2.05, 4.69) is 12.2 Å². The number of hydrogen-bond acceptors (Lipinski definition) is 5. The highest BCUT2D eigenvalue weighted by atomic mass is 16.3. The van der Waals surface area contributed by atoms with Gasteiger partial charge in [0, 0.05) is 6.54 Å². The number of unbranched alkanes of at least 4 members (excludes halogenated alkanes) is 2. The lowest BCUT2D eigenvalue weighted by Gasteiger charge is -2.24. The SMILES string of the molecule is CCCCCNC(=O)[C@@H]1[C@@H](O)[C@@H](O)CN1C(=O)c1ccoc1. The summed E-state index contributed by atoms with van der Waals surface area (Å²) in [4.78, 5) is 25.8. The van der Waals surface area contributed by atoms with Gasteiger partial charge in [0.15, 0.2) is 0 Å². The van der Waals surface area contributed by atoms with E-state index in [0.29, 0.717) is 6.54 Å². The second-order valence-electron chi connectivity index (χ2n) is 5.47. The normalized spacial score (nSPS) is 24.5. The molecule has 0 bridgehead atoms. The Kier molecular flexibility index (Phi) is 5.57. The van der Waals surface area contributed by atoms with Gasteiger partial charge in [-0.05, 0) is 12.5 Å². The van der Waals surface area contributed by atoms with E-state index in [4.69, 9.17) is 4.42 Å². The van der Waals surface area contributed by atoms with Gasteiger partial charge in [-0.2, -0.15) is 0 Å². The highest BCUT2D eigenvalue weighted by molar-refractivity contribution is 5.98. The molecule has 0 aliphatic carbocycles. The van der Waals surface area contributed by atoms with Crippen molar-refractivity contribution >= 4 is 11.8 Å². The summed E-state index contributed by atoms with van der Waals surface area (Å²) in [6.07, 6.45) is 3.07. The third-order valence-corrected chi connectivity index (χ3v) is 3.81. The lowest BCUT2D eigenvalue weighted by atomic mass is 10.1. The molecule has 1 saturated heterocycles. The minimum atomic E-state index is -1.29. The summed E-state index contributed by atoms with van der Waals surface area (Å²) < 4.78 is 4.86. The molecule has 0 unspecified atom stereocenters. The zero-order valence-corrected chi connectivity index (χ0v) is 12.6. The molecule has 1 aliphatic heterocycles. The van der Waals surface area contributed by atoms with E-state index in [9.17, 15) is 19.8 Å². The first-order chi connectivity index (χ1) is 10.6. The molecule has 3 N–H and O–H groups in total. The number of hydrogen-bond donors (Lipinski definition) is 3. The minimum absolute atomic E-state index is 0.0851. The summed E-state index contributed by atoms with van der Waals surface area (Å²) >= 11 is 0. The summed E-state index contributed by atoms with van der Waals surface area (Å²) in [6, 6.07) is 0.398. The Hall–Kier alpha value is -1.86. The van der Waals surface area contributed by atoms with Crippen LogP contribution >= 0.6 is 0 Å². The summed E-state index contributed by atoms with van der Waals surface area (Å²) in [6.45, 7) is 2.46. The van der Waals surface area contributed by atoms with Crippen LogP contribution in [0.3, 0.4) is 0 Å². The Bertz CT molecular complexity index is 502. The van der Waals surface area contributed by atoms with Gasteiger partial charge in [-0.1, -0.05) is 19.8 Å². The fraction of sp³-hybridized carbons (Fsp3) is 0.600. The smallest absolute Gasteiger partial charge is 0.257 e. The van der Waals surface area contributed by atoms with E-state index in [1.54, 1.807) is 0 Å². The van der Waals surface area contributed by atoms with Gasteiger partial charge in [0.1, 0.15) is 24.5 Å². The molecule has 1 aliphatic rings. The number of rotatable bonds is 6. The molecule has 1 aromatic rings. The molecule has 1 aromatic heterocycles. The van der Waals surface area contributed by atoms with Crippen LogP contribution in [-0.4, -0.2) is 58.3 Å². The molecule has 7 heteroatoms. The first kappa shape index (κ1) is 16.5. The van der Waals surface area contributed by atoms with E-state index < -0.39 is 30.1 Å². The van der Waals surface area contributed by atoms with Crippen LogP contribution in [0.1, 0.15) is 36.5 Å². The number of nitrogens with one attached hydrogen (secondary N) is 1. The van der Waals surface area contributed by atoms with Crippen molar-refractivity contribution in [2.24, 2.45) is 0 Å². The molecular weight excluding hydrogens is 288 g/mol. The number of aliphatic hydroxyl groups excluding tert-OH is 2. The lowest BCUT2D eigenvalue weighted by molar-refractivity contribution is -0.128. The summed E-state index contributed by atoms with van der Waals surface area (Å²) in [7, 11) is 0. The maximum absolute atomic E-state index is 12.4. The molecule has 2 amide bonds. The molecule has 2 rings (SSSR count). The number of nitrogens with zero attached hydrogens (tertiary/aromatic N) is 1. The molecule has 122 valence electrons. The zero-order valence-electron chi connectivity index (χ0n) is 12.6. The fourth-order valence-electron chi connectivity index (χ4n) is 2.57.